The van der Waals surface area contributed by atoms with E-state index in [2.05, 4.69) is 100 Å². The highest BCUT2D eigenvalue weighted by Gasteiger charge is 2.48. The average Bonchev–Trinajstić information content (AvgIpc) is 3.48. The highest BCUT2D eigenvalue weighted by Crippen LogP contribution is 2.30. The van der Waals surface area contributed by atoms with Gasteiger partial charge in [-0.3, -0.25) is 15.1 Å². The van der Waals surface area contributed by atoms with Crippen LogP contribution < -0.4 is 20.7 Å². The maximum Gasteiger partial charge on any atom is 0.183 e. The Labute approximate surface area is 199 Å². The van der Waals surface area contributed by atoms with Crippen LogP contribution in [0.5, 0.6) is 0 Å². The molecule has 5 aromatic rings. The molecule has 0 unspecified atom stereocenters. The van der Waals surface area contributed by atoms with E-state index in [4.69, 9.17) is 4.98 Å². The van der Waals surface area contributed by atoms with Gasteiger partial charge in [0.25, 0.3) is 0 Å². The summed E-state index contributed by atoms with van der Waals surface area (Å²) >= 11 is 0. The van der Waals surface area contributed by atoms with E-state index in [-0.39, 0.29) is 0 Å². The Balaban J connectivity index is 1.46. The molecule has 164 valence electrons. The fourth-order valence-electron chi connectivity index (χ4n) is 6.06. The van der Waals surface area contributed by atoms with Crippen molar-refractivity contribution in [3.63, 3.8) is 0 Å². The Bertz CT molecular complexity index is 1460. The van der Waals surface area contributed by atoms with E-state index in [0.29, 0.717) is 0 Å². The average molecular weight is 457 g/mol. The number of rotatable bonds is 3. The van der Waals surface area contributed by atoms with Crippen LogP contribution in [0.4, 0.5) is 0 Å². The first kappa shape index (κ1) is 19.6. The molecule has 0 radical (unpaired) electrons. The number of nitrogens with zero attached hydrogens (tertiary/aromatic N) is 3. The summed E-state index contributed by atoms with van der Waals surface area (Å²) < 4.78 is 0. The highest BCUT2D eigenvalue weighted by atomic mass is 28.3. The molecule has 5 heteroatoms. The van der Waals surface area contributed by atoms with E-state index in [1.165, 1.54) is 56.0 Å². The number of aryl methyl sites for hydroxylation is 1. The van der Waals surface area contributed by atoms with E-state index in [1.807, 2.05) is 6.20 Å². The summed E-state index contributed by atoms with van der Waals surface area (Å²) in [6.07, 6.45) is 10.7. The van der Waals surface area contributed by atoms with E-state index >= 15 is 0 Å². The van der Waals surface area contributed by atoms with Crippen LogP contribution in [-0.2, 0) is 12.8 Å². The summed E-state index contributed by atoms with van der Waals surface area (Å²) in [6, 6.07) is 26.5. The van der Waals surface area contributed by atoms with Gasteiger partial charge < -0.3 is 0 Å². The molecule has 3 aromatic heterocycles. The second-order valence-corrected chi connectivity index (χ2v) is 13.0. The van der Waals surface area contributed by atoms with Crippen molar-refractivity contribution in [2.24, 2.45) is 0 Å². The number of pyridine rings is 2. The summed E-state index contributed by atoms with van der Waals surface area (Å²) in [4.78, 5) is 9.57. The lowest BCUT2D eigenvalue weighted by atomic mass is 9.95. The Hall–Kier alpha value is -3.83. The fraction of sp³-hybridized carbons (Fsp3) is 0.138. The molecule has 0 amide bonds. The highest BCUT2D eigenvalue weighted by molar-refractivity contribution is 7.22. The monoisotopic (exact) mass is 456 g/mol. The normalized spacial score (nSPS) is 15.4. The third kappa shape index (κ3) is 2.67. The van der Waals surface area contributed by atoms with Gasteiger partial charge in [0.15, 0.2) is 8.07 Å². The molecular formula is C29H24N4Si. The van der Waals surface area contributed by atoms with E-state index in [0.717, 1.165) is 24.2 Å². The van der Waals surface area contributed by atoms with Gasteiger partial charge in [-0.15, -0.1) is 0 Å². The van der Waals surface area contributed by atoms with Crippen molar-refractivity contribution in [2.45, 2.75) is 25.7 Å². The van der Waals surface area contributed by atoms with Crippen molar-refractivity contribution in [3.05, 3.63) is 103 Å². The molecule has 0 bridgehead atoms. The number of fused-ring (bicyclic) bond motifs is 4. The van der Waals surface area contributed by atoms with E-state index < -0.39 is 8.07 Å². The first-order valence-electron chi connectivity index (χ1n) is 12.0. The smallest absolute Gasteiger partial charge is 0.183 e. The van der Waals surface area contributed by atoms with Gasteiger partial charge in [0.1, 0.15) is 5.69 Å². The number of aromatic nitrogens is 4. The Morgan fingerprint density at radius 3 is 2.15 bits per heavy atom. The quantitative estimate of drug-likeness (QED) is 0.417. The van der Waals surface area contributed by atoms with Gasteiger partial charge in [0, 0.05) is 29.8 Å². The van der Waals surface area contributed by atoms with Crippen LogP contribution >= 0.6 is 0 Å². The fourth-order valence-corrected chi connectivity index (χ4v) is 11.1. The molecule has 4 nitrogen and oxygen atoms in total. The summed E-state index contributed by atoms with van der Waals surface area (Å²) in [7, 11) is -2.52. The topological polar surface area (TPSA) is 54.5 Å². The minimum Gasteiger partial charge on any atom is -0.282 e. The van der Waals surface area contributed by atoms with E-state index in [9.17, 15) is 0 Å². The number of H-pyrrole nitrogens is 1. The lowest BCUT2D eigenvalue weighted by molar-refractivity contribution is 0.675. The number of aromatic amines is 1. The lowest BCUT2D eigenvalue weighted by Gasteiger charge is -2.30. The standard InChI is InChI=1S/C29H24N4Si/c1-4-12-25-24(11-1)29(33-32-25)26-16-15-21(19-31-26)34(20-8-7-17-30-18-20)27-13-5-2-9-22(27)23-10-3-6-14-28(23)34/h2-3,5-10,13-19H,1,4,11-12H2,(H,32,33). The molecular weight excluding hydrogens is 432 g/mol. The molecule has 0 saturated carbocycles. The van der Waals surface area contributed by atoms with Crippen LogP contribution in [0.2, 0.25) is 0 Å². The third-order valence-electron chi connectivity index (χ3n) is 7.54. The zero-order chi connectivity index (χ0) is 22.5. The van der Waals surface area contributed by atoms with Crippen LogP contribution in [-0.4, -0.2) is 28.2 Å². The largest absolute Gasteiger partial charge is 0.282 e. The third-order valence-corrected chi connectivity index (χ3v) is 12.4. The molecule has 4 heterocycles. The molecule has 2 aliphatic rings. The maximum absolute atomic E-state index is 5.02. The van der Waals surface area contributed by atoms with Crippen LogP contribution in [0.25, 0.3) is 22.5 Å². The zero-order valence-corrected chi connectivity index (χ0v) is 19.8. The summed E-state index contributed by atoms with van der Waals surface area (Å²) in [6.45, 7) is 0. The number of nitrogens with one attached hydrogen (secondary N) is 1. The van der Waals surface area contributed by atoms with Gasteiger partial charge in [0.05, 0.1) is 5.69 Å². The van der Waals surface area contributed by atoms with Crippen LogP contribution in [0.1, 0.15) is 24.1 Å². The summed E-state index contributed by atoms with van der Waals surface area (Å²) in [5.41, 5.74) is 7.27. The zero-order valence-electron chi connectivity index (χ0n) is 18.8. The lowest BCUT2D eigenvalue weighted by Crippen LogP contribution is -2.73. The minimum atomic E-state index is -2.52. The van der Waals surface area contributed by atoms with Gasteiger partial charge in [0.2, 0.25) is 0 Å². The molecule has 1 aliphatic heterocycles. The van der Waals surface area contributed by atoms with Crippen molar-refractivity contribution < 1.29 is 0 Å². The predicted octanol–water partition coefficient (Wildman–Crippen LogP) is 3.10. The first-order chi connectivity index (χ1) is 16.9. The van der Waals surface area contributed by atoms with Gasteiger partial charge in [-0.25, -0.2) is 0 Å². The second kappa shape index (κ2) is 7.60. The Kier molecular flexibility index (Phi) is 4.39. The van der Waals surface area contributed by atoms with Crippen LogP contribution in [0, 0.1) is 0 Å². The SMILES string of the molecule is c1cncc([Si]2(c3ccc(-c4n[nH]c5c4CCCC5)nc3)c3ccccc3-c3ccccc32)c1. The molecule has 1 N–H and O–H groups in total. The summed E-state index contributed by atoms with van der Waals surface area (Å²) in [5, 5.41) is 13.3. The second-order valence-electron chi connectivity index (χ2n) is 9.25. The number of hydrogen-bond donors (Lipinski definition) is 1. The molecule has 34 heavy (non-hydrogen) atoms. The van der Waals surface area contributed by atoms with Crippen LogP contribution in [0.15, 0.2) is 91.4 Å². The van der Waals surface area contributed by atoms with Crippen molar-refractivity contribution in [2.75, 3.05) is 0 Å². The molecule has 2 aromatic carbocycles. The first-order valence-corrected chi connectivity index (χ1v) is 14.0. The van der Waals surface area contributed by atoms with Crippen molar-refractivity contribution in [3.8, 4) is 22.5 Å². The van der Waals surface area contributed by atoms with Crippen molar-refractivity contribution >= 4 is 28.8 Å². The Morgan fingerprint density at radius 2 is 1.44 bits per heavy atom. The molecule has 7 rings (SSSR count). The van der Waals surface area contributed by atoms with Crippen molar-refractivity contribution in [1.82, 2.24) is 20.2 Å². The van der Waals surface area contributed by atoms with Gasteiger partial charge >= 0.3 is 0 Å². The van der Waals surface area contributed by atoms with Gasteiger partial charge in [-0.05, 0) is 69.7 Å². The van der Waals surface area contributed by atoms with Crippen LogP contribution in [0.3, 0.4) is 0 Å². The predicted molar refractivity (Wildman–Crippen MR) is 139 cm³/mol. The van der Waals surface area contributed by atoms with E-state index in [1.54, 1.807) is 0 Å². The molecule has 0 saturated heterocycles. The number of hydrogen-bond acceptors (Lipinski definition) is 3. The number of benzene rings is 2. The minimum absolute atomic E-state index is 0.957. The molecule has 1 aliphatic carbocycles. The maximum atomic E-state index is 5.02. The van der Waals surface area contributed by atoms with Crippen molar-refractivity contribution in [1.29, 1.82) is 0 Å². The molecule has 0 atom stereocenters. The van der Waals surface area contributed by atoms with Gasteiger partial charge in [-0.2, -0.15) is 5.10 Å². The Morgan fingerprint density at radius 1 is 0.706 bits per heavy atom. The summed E-state index contributed by atoms with van der Waals surface area (Å²) in [5.74, 6) is 0. The molecule has 0 spiro atoms. The molecule has 0 fully saturated rings. The van der Waals surface area contributed by atoms with Gasteiger partial charge in [-0.1, -0.05) is 60.7 Å².